The number of Topliss-reactive ketones (excluding diaryl/α,β-unsaturated/α-hetero) is 1. The summed E-state index contributed by atoms with van der Waals surface area (Å²) < 4.78 is 18.8. The molecule has 0 saturated carbocycles. The first-order valence-corrected chi connectivity index (χ1v) is 27.9. The Morgan fingerprint density at radius 2 is 1.54 bits per heavy atom. The smallest absolute Gasteiger partial charge is 0.315 e. The van der Waals surface area contributed by atoms with Crippen LogP contribution in [0.4, 0.5) is 5.69 Å². The van der Waals surface area contributed by atoms with Gasteiger partial charge in [-0.15, -0.1) is 12.8 Å². The summed E-state index contributed by atoms with van der Waals surface area (Å²) >= 11 is 0. The van der Waals surface area contributed by atoms with Crippen LogP contribution in [0.2, 0.25) is 0 Å². The molecule has 9 rings (SSSR count). The molecule has 0 aliphatic carbocycles. The number of nitrogens with one attached hydrogen (secondary N) is 1. The van der Waals surface area contributed by atoms with Crippen molar-refractivity contribution in [2.45, 2.75) is 131 Å². The zero-order chi connectivity index (χ0) is 57.4. The maximum absolute atomic E-state index is 14.9. The standard InChI is InChI=1S/C57H81N7O10.C2H2.CH4O/c1-33(2)31-62-22-18-57(19-23-62)59-46-43-44-50(68)39(8)53-45(43)54(70)56(9,74-53)72-28-12-15-35(4)52(73-42(66)30-41(65)64-26-24-63(25-27-64)32-40-16-20-61(10)21-17-40)38(7)49(67)37(6)29-34(3)13-11-14-36(5)55(71)58-48(51(44)69)47(46)60-57;2*1-2/h11-14,28,33-35,37-38,40,49,52,67-69H,15-27,29-32H2,1-10H3,(H,58,71);1-2H;2H,1H3/b13-11+,28-12+,36-14-;;/t34?,35-,37-,38-,49?,52?,56?;;/m1../s1. The summed E-state index contributed by atoms with van der Waals surface area (Å²) in [5.41, 5.74) is -0.384. The molecular formula is C60H87N7O11. The first-order valence-electron chi connectivity index (χ1n) is 27.9. The van der Waals surface area contributed by atoms with Gasteiger partial charge in [0.25, 0.3) is 11.7 Å². The Morgan fingerprint density at radius 3 is 2.18 bits per heavy atom. The molecular weight excluding hydrogens is 995 g/mol. The number of anilines is 1. The highest BCUT2D eigenvalue weighted by molar-refractivity contribution is 6.19. The Morgan fingerprint density at radius 1 is 0.897 bits per heavy atom. The van der Waals surface area contributed by atoms with Crippen molar-refractivity contribution in [2.24, 2.45) is 45.5 Å². The van der Waals surface area contributed by atoms with Crippen LogP contribution in [0.5, 0.6) is 17.2 Å². The van der Waals surface area contributed by atoms with Gasteiger partial charge in [0.05, 0.1) is 28.7 Å². The number of piperidine rings is 2. The van der Waals surface area contributed by atoms with E-state index >= 15 is 0 Å². The van der Waals surface area contributed by atoms with Crippen molar-refractivity contribution in [3.8, 4) is 30.1 Å². The van der Waals surface area contributed by atoms with Gasteiger partial charge in [-0.25, -0.2) is 0 Å². The molecule has 2 aromatic rings. The van der Waals surface area contributed by atoms with Crippen LogP contribution >= 0.6 is 0 Å². The van der Waals surface area contributed by atoms with Gasteiger partial charge in [-0.2, -0.15) is 0 Å². The van der Waals surface area contributed by atoms with E-state index in [9.17, 15) is 34.5 Å². The number of carbonyl (C=O) groups is 4. The van der Waals surface area contributed by atoms with Crippen LogP contribution in [-0.2, 0) is 23.9 Å². The summed E-state index contributed by atoms with van der Waals surface area (Å²) in [5.74, 6) is -4.73. The minimum atomic E-state index is -1.91. The summed E-state index contributed by atoms with van der Waals surface area (Å²) in [5, 5.41) is 46.5. The van der Waals surface area contributed by atoms with Gasteiger partial charge in [-0.1, -0.05) is 59.8 Å². The van der Waals surface area contributed by atoms with E-state index in [0.29, 0.717) is 56.2 Å². The van der Waals surface area contributed by atoms with E-state index in [4.69, 9.17) is 29.3 Å². The van der Waals surface area contributed by atoms with Gasteiger partial charge in [0.2, 0.25) is 5.91 Å². The first kappa shape index (κ1) is 61.4. The third-order valence-electron chi connectivity index (χ3n) is 16.6. The molecule has 78 heavy (non-hydrogen) atoms. The van der Waals surface area contributed by atoms with Gasteiger partial charge in [-0.3, -0.25) is 34.1 Å². The van der Waals surface area contributed by atoms with Crippen LogP contribution in [-0.4, -0.2) is 167 Å². The second-order valence-corrected chi connectivity index (χ2v) is 23.1. The molecule has 3 saturated heterocycles. The lowest BCUT2D eigenvalue weighted by Gasteiger charge is -2.38. The number of ether oxygens (including phenoxy) is 3. The highest BCUT2D eigenvalue weighted by atomic mass is 16.7. The average Bonchev–Trinajstić information content (AvgIpc) is 4.15. The number of aromatic hydroxyl groups is 2. The zero-order valence-corrected chi connectivity index (χ0v) is 48.0. The number of likely N-dealkylation sites (tertiary alicyclic amines) is 2. The van der Waals surface area contributed by atoms with Crippen molar-refractivity contribution in [2.75, 3.05) is 84.9 Å². The minimum Gasteiger partial charge on any atom is -0.507 e. The summed E-state index contributed by atoms with van der Waals surface area (Å²) in [6.45, 7) is 25.0. The number of esters is 1. The molecule has 18 heteroatoms. The lowest BCUT2D eigenvalue weighted by Crippen LogP contribution is -2.51. The number of nitrogens with zero attached hydrogens (tertiary/aromatic N) is 6. The number of aliphatic hydroxyl groups is 2. The number of carbonyl (C=O) groups excluding carboxylic acids is 4. The Balaban J connectivity index is 0.00000240. The first-order chi connectivity index (χ1) is 37.1. The van der Waals surface area contributed by atoms with Crippen molar-refractivity contribution in [3.05, 3.63) is 58.0 Å². The lowest BCUT2D eigenvalue weighted by atomic mass is 9.80. The Bertz CT molecular complexity index is 2750. The van der Waals surface area contributed by atoms with Gasteiger partial charge in [0.15, 0.2) is 11.4 Å². The number of ketones is 1. The molecule has 428 valence electrons. The number of phenols is 2. The number of benzene rings is 2. The number of amides is 2. The number of piperazine rings is 1. The number of rotatable bonds is 7. The Labute approximate surface area is 461 Å². The fourth-order valence-electron chi connectivity index (χ4n) is 12.0. The van der Waals surface area contributed by atoms with Gasteiger partial charge in [0, 0.05) is 102 Å². The quantitative estimate of drug-likeness (QED) is 0.0947. The fraction of sp³-hybridized carbons (Fsp3) is 0.633. The molecule has 2 aromatic carbocycles. The Hall–Kier alpha value is -5.84. The monoisotopic (exact) mass is 1080 g/mol. The van der Waals surface area contributed by atoms with Crippen LogP contribution in [0.25, 0.3) is 10.8 Å². The zero-order valence-electron chi connectivity index (χ0n) is 48.0. The van der Waals surface area contributed by atoms with E-state index in [1.54, 1.807) is 37.0 Å². The second kappa shape index (κ2) is 26.4. The van der Waals surface area contributed by atoms with Gasteiger partial charge in [0.1, 0.15) is 35.1 Å². The molecule has 1 spiro atoms. The molecule has 2 amide bonds. The number of hydrogen-bond acceptors (Lipinski definition) is 16. The average molecular weight is 1080 g/mol. The molecule has 0 aromatic heterocycles. The molecule has 5 N–H and O–H groups in total. The maximum atomic E-state index is 14.9. The SMILES string of the molecule is C#C.C/C1=C/C=C/C(C)C[C@@H](C)C(O)[C@@H](C)C(OC(=O)CC(=O)N2CCN(CC3CCN(C)CC3)CC2)[C@H](C)C/C=C/OC2(C)Oc3c(C)c(O)c4c(O)c(c5c(c4c3C2=O)=NC2(CCN(CC(C)C)CC2)N=5)NC1=O.CO. The molecule has 4 unspecified atom stereocenters. The third-order valence-corrected chi connectivity index (χ3v) is 16.6. The van der Waals surface area contributed by atoms with Crippen molar-refractivity contribution in [1.29, 1.82) is 0 Å². The molecule has 3 fully saturated rings. The van der Waals surface area contributed by atoms with Crippen molar-refractivity contribution >= 4 is 40.0 Å². The van der Waals surface area contributed by atoms with Crippen molar-refractivity contribution in [1.82, 2.24) is 19.6 Å². The fourth-order valence-corrected chi connectivity index (χ4v) is 12.0. The van der Waals surface area contributed by atoms with Crippen LogP contribution in [0, 0.1) is 55.3 Å². The van der Waals surface area contributed by atoms with Crippen LogP contribution in [0.3, 0.4) is 0 Å². The maximum Gasteiger partial charge on any atom is 0.315 e. The van der Waals surface area contributed by atoms with E-state index in [1.165, 1.54) is 26.0 Å². The summed E-state index contributed by atoms with van der Waals surface area (Å²) in [6.07, 6.45) is 18.7. The molecule has 18 nitrogen and oxygen atoms in total. The topological polar surface area (TPSA) is 227 Å². The number of hydrogen-bond donors (Lipinski definition) is 5. The van der Waals surface area contributed by atoms with Gasteiger partial charge < -0.3 is 54.7 Å². The predicted molar refractivity (Wildman–Crippen MR) is 300 cm³/mol. The van der Waals surface area contributed by atoms with E-state index in [0.717, 1.165) is 59.5 Å². The van der Waals surface area contributed by atoms with Crippen molar-refractivity contribution < 1.29 is 53.8 Å². The van der Waals surface area contributed by atoms with E-state index < -0.39 is 59.4 Å². The number of aliphatic hydroxyl groups excluding tert-OH is 2. The third kappa shape index (κ3) is 13.6. The van der Waals surface area contributed by atoms with E-state index in [1.807, 2.05) is 33.8 Å². The lowest BCUT2D eigenvalue weighted by molar-refractivity contribution is -0.161. The van der Waals surface area contributed by atoms with E-state index in [2.05, 4.69) is 53.8 Å². The van der Waals surface area contributed by atoms with Gasteiger partial charge in [-0.05, 0) is 95.3 Å². The predicted octanol–water partition coefficient (Wildman–Crippen LogP) is 5.87. The molecule has 7 atom stereocenters. The molecule has 5 bridgehead atoms. The normalized spacial score (nSPS) is 28.8. The molecule has 0 radical (unpaired) electrons. The second-order valence-electron chi connectivity index (χ2n) is 23.1. The van der Waals surface area contributed by atoms with E-state index in [-0.39, 0.29) is 73.5 Å². The summed E-state index contributed by atoms with van der Waals surface area (Å²) in [7, 11) is 3.16. The van der Waals surface area contributed by atoms with Crippen molar-refractivity contribution in [3.63, 3.8) is 0 Å². The van der Waals surface area contributed by atoms with Crippen LogP contribution in [0.1, 0.15) is 116 Å². The molecule has 7 heterocycles. The molecule has 7 aliphatic rings. The number of phenolic OH excluding ortho intramolecular Hbond substituents is 2. The largest absolute Gasteiger partial charge is 0.507 e. The number of allylic oxidation sites excluding steroid dienone is 4. The van der Waals surface area contributed by atoms with Gasteiger partial charge >= 0.3 is 11.8 Å². The highest BCUT2D eigenvalue weighted by Crippen LogP contribution is 2.50. The van der Waals surface area contributed by atoms with Crippen LogP contribution in [0.15, 0.2) is 46.1 Å². The highest BCUT2D eigenvalue weighted by Gasteiger charge is 2.50. The Kier molecular flexibility index (Phi) is 20.8. The molecule has 7 aliphatic heterocycles. The number of fused-ring (bicyclic) bond motifs is 13. The van der Waals surface area contributed by atoms with Crippen LogP contribution < -0.4 is 20.8 Å². The summed E-state index contributed by atoms with van der Waals surface area (Å²) in [6, 6.07) is 0. The number of terminal acetylenes is 1. The summed E-state index contributed by atoms with van der Waals surface area (Å²) in [4.78, 5) is 75.6. The minimum absolute atomic E-state index is 0.0149.